The highest BCUT2D eigenvalue weighted by molar-refractivity contribution is 6.31. The maximum atomic E-state index is 11.7. The van der Waals surface area contributed by atoms with Gasteiger partial charge in [0, 0.05) is 17.1 Å². The maximum Gasteiger partial charge on any atom is 0.237 e. The van der Waals surface area contributed by atoms with Gasteiger partial charge >= 0.3 is 0 Å². The van der Waals surface area contributed by atoms with E-state index < -0.39 is 6.04 Å². The van der Waals surface area contributed by atoms with Gasteiger partial charge in [0.1, 0.15) is 5.75 Å². The zero-order valence-electron chi connectivity index (χ0n) is 10.7. The third-order valence-corrected chi connectivity index (χ3v) is 3.03. The number of methoxy groups -OCH3 is 1. The second-order valence-electron chi connectivity index (χ2n) is 4.03. The van der Waals surface area contributed by atoms with Crippen LogP contribution >= 0.6 is 11.6 Å². The van der Waals surface area contributed by atoms with Crippen LogP contribution in [0, 0.1) is 0 Å². The fourth-order valence-corrected chi connectivity index (χ4v) is 1.88. The van der Waals surface area contributed by atoms with E-state index in [0.717, 1.165) is 12.0 Å². The van der Waals surface area contributed by atoms with Gasteiger partial charge in [-0.15, -0.1) is 0 Å². The van der Waals surface area contributed by atoms with Gasteiger partial charge in [-0.1, -0.05) is 31.0 Å². The first kappa shape index (κ1) is 14.8. The van der Waals surface area contributed by atoms with E-state index in [2.05, 4.69) is 5.32 Å². The quantitative estimate of drug-likeness (QED) is 0.832. The second-order valence-corrected chi connectivity index (χ2v) is 4.44. The van der Waals surface area contributed by atoms with Crippen LogP contribution in [0.25, 0.3) is 0 Å². The Morgan fingerprint density at radius 3 is 2.89 bits per heavy atom. The van der Waals surface area contributed by atoms with Crippen LogP contribution in [0.3, 0.4) is 0 Å². The minimum atomic E-state index is -0.469. The lowest BCUT2D eigenvalue weighted by Crippen LogP contribution is -2.40. The van der Waals surface area contributed by atoms with Gasteiger partial charge in [-0.05, 0) is 18.6 Å². The number of nitrogens with one attached hydrogen (secondary N) is 1. The zero-order chi connectivity index (χ0) is 13.5. The van der Waals surface area contributed by atoms with Crippen LogP contribution < -0.4 is 15.8 Å². The average Bonchev–Trinajstić information content (AvgIpc) is 2.36. The molecular weight excluding hydrogens is 252 g/mol. The molecule has 0 heterocycles. The minimum Gasteiger partial charge on any atom is -0.496 e. The van der Waals surface area contributed by atoms with E-state index in [1.807, 2.05) is 6.92 Å². The number of nitrogens with two attached hydrogens (primary N) is 1. The van der Waals surface area contributed by atoms with Gasteiger partial charge in [-0.25, -0.2) is 0 Å². The number of carbonyl (C=O) groups excluding carboxylic acids is 1. The lowest BCUT2D eigenvalue weighted by molar-refractivity contribution is -0.122. The molecule has 1 aromatic carbocycles. The minimum absolute atomic E-state index is 0.168. The highest BCUT2D eigenvalue weighted by atomic mass is 35.5. The summed E-state index contributed by atoms with van der Waals surface area (Å²) in [6.45, 7) is 2.31. The Balaban J connectivity index is 2.66. The maximum absolute atomic E-state index is 11.7. The van der Waals surface area contributed by atoms with E-state index in [1.165, 1.54) is 0 Å². The predicted octanol–water partition coefficient (Wildman–Crippen LogP) is 2.09. The molecule has 0 aliphatic carbocycles. The van der Waals surface area contributed by atoms with Crippen molar-refractivity contribution in [2.75, 3.05) is 7.11 Å². The molecule has 1 aromatic rings. The topological polar surface area (TPSA) is 64.4 Å². The van der Waals surface area contributed by atoms with Crippen molar-refractivity contribution in [1.29, 1.82) is 0 Å². The summed E-state index contributed by atoms with van der Waals surface area (Å²) in [7, 11) is 1.57. The fourth-order valence-electron chi connectivity index (χ4n) is 1.65. The van der Waals surface area contributed by atoms with Gasteiger partial charge in [-0.3, -0.25) is 4.79 Å². The van der Waals surface area contributed by atoms with E-state index in [1.54, 1.807) is 25.3 Å². The molecule has 0 radical (unpaired) electrons. The van der Waals surface area contributed by atoms with Crippen molar-refractivity contribution in [3.63, 3.8) is 0 Å². The van der Waals surface area contributed by atoms with Crippen LogP contribution in [0.2, 0.25) is 5.02 Å². The summed E-state index contributed by atoms with van der Waals surface area (Å²) in [6, 6.07) is 4.90. The third-order valence-electron chi connectivity index (χ3n) is 2.67. The Kier molecular flexibility index (Phi) is 5.95. The summed E-state index contributed by atoms with van der Waals surface area (Å²) in [6.07, 6.45) is 1.55. The van der Waals surface area contributed by atoms with Gasteiger partial charge < -0.3 is 15.8 Å². The number of rotatable bonds is 6. The Labute approximate surface area is 112 Å². The standard InChI is InChI=1S/C13H19ClN2O2/c1-3-5-11(15)13(17)16-8-9-10(14)6-4-7-12(9)18-2/h4,6-7,11H,3,5,8,15H2,1-2H3,(H,16,17). The molecule has 0 aromatic heterocycles. The Hall–Kier alpha value is -1.26. The molecule has 0 bridgehead atoms. The normalized spacial score (nSPS) is 12.0. The lowest BCUT2D eigenvalue weighted by atomic mass is 10.1. The highest BCUT2D eigenvalue weighted by Crippen LogP contribution is 2.25. The molecule has 0 aliphatic heterocycles. The van der Waals surface area contributed by atoms with Crippen molar-refractivity contribution in [3.8, 4) is 5.75 Å². The Morgan fingerprint density at radius 2 is 2.28 bits per heavy atom. The van der Waals surface area contributed by atoms with Gasteiger partial charge in [0.25, 0.3) is 0 Å². The largest absolute Gasteiger partial charge is 0.496 e. The smallest absolute Gasteiger partial charge is 0.237 e. The summed E-state index contributed by atoms with van der Waals surface area (Å²) in [5, 5.41) is 3.34. The van der Waals surface area contributed by atoms with Crippen LogP contribution in [0.1, 0.15) is 25.3 Å². The number of halogens is 1. The van der Waals surface area contributed by atoms with Gasteiger partial charge in [0.2, 0.25) is 5.91 Å². The first-order valence-corrected chi connectivity index (χ1v) is 6.32. The molecule has 1 rings (SSSR count). The average molecular weight is 271 g/mol. The fraction of sp³-hybridized carbons (Fsp3) is 0.462. The molecule has 1 atom stereocenters. The first-order chi connectivity index (χ1) is 8.60. The van der Waals surface area contributed by atoms with Gasteiger partial charge in [0.15, 0.2) is 0 Å². The molecule has 1 amide bonds. The molecule has 0 fully saturated rings. The number of hydrogen-bond acceptors (Lipinski definition) is 3. The molecule has 4 nitrogen and oxygen atoms in total. The lowest BCUT2D eigenvalue weighted by Gasteiger charge is -2.14. The molecule has 0 saturated carbocycles. The number of hydrogen-bond donors (Lipinski definition) is 2. The number of amides is 1. The Morgan fingerprint density at radius 1 is 1.56 bits per heavy atom. The van der Waals surface area contributed by atoms with Crippen molar-refractivity contribution in [2.45, 2.75) is 32.4 Å². The van der Waals surface area contributed by atoms with Crippen molar-refractivity contribution in [2.24, 2.45) is 5.73 Å². The van der Waals surface area contributed by atoms with Gasteiger partial charge in [0.05, 0.1) is 13.2 Å². The van der Waals surface area contributed by atoms with E-state index in [4.69, 9.17) is 22.1 Å². The molecular formula is C13H19ClN2O2. The van der Waals surface area contributed by atoms with Crippen LogP contribution in [-0.2, 0) is 11.3 Å². The predicted molar refractivity (Wildman–Crippen MR) is 72.7 cm³/mol. The first-order valence-electron chi connectivity index (χ1n) is 5.94. The molecule has 3 N–H and O–H groups in total. The van der Waals surface area contributed by atoms with Crippen molar-refractivity contribution in [3.05, 3.63) is 28.8 Å². The van der Waals surface area contributed by atoms with Gasteiger partial charge in [-0.2, -0.15) is 0 Å². The van der Waals surface area contributed by atoms with E-state index in [0.29, 0.717) is 23.7 Å². The van der Waals surface area contributed by atoms with E-state index in [-0.39, 0.29) is 5.91 Å². The number of benzene rings is 1. The van der Waals surface area contributed by atoms with E-state index in [9.17, 15) is 4.79 Å². The Bertz CT molecular complexity index is 410. The summed E-state index contributed by atoms with van der Waals surface area (Å²) in [5.41, 5.74) is 6.49. The van der Waals surface area contributed by atoms with E-state index >= 15 is 0 Å². The molecule has 5 heteroatoms. The summed E-state index contributed by atoms with van der Waals surface area (Å²) in [5.74, 6) is 0.491. The summed E-state index contributed by atoms with van der Waals surface area (Å²) >= 11 is 6.07. The molecule has 0 saturated heterocycles. The molecule has 100 valence electrons. The number of carbonyl (C=O) groups is 1. The molecule has 0 aliphatic rings. The molecule has 18 heavy (non-hydrogen) atoms. The summed E-state index contributed by atoms with van der Waals surface area (Å²) in [4.78, 5) is 11.7. The third kappa shape index (κ3) is 3.89. The SMILES string of the molecule is CCCC(N)C(=O)NCc1c(Cl)cccc1OC. The van der Waals surface area contributed by atoms with Crippen LogP contribution in [0.5, 0.6) is 5.75 Å². The molecule has 0 spiro atoms. The monoisotopic (exact) mass is 270 g/mol. The van der Waals surface area contributed by atoms with Crippen LogP contribution in [-0.4, -0.2) is 19.1 Å². The van der Waals surface area contributed by atoms with Crippen molar-refractivity contribution in [1.82, 2.24) is 5.32 Å². The molecule has 1 unspecified atom stereocenters. The van der Waals surface area contributed by atoms with Crippen LogP contribution in [0.15, 0.2) is 18.2 Å². The van der Waals surface area contributed by atoms with Crippen LogP contribution in [0.4, 0.5) is 0 Å². The highest BCUT2D eigenvalue weighted by Gasteiger charge is 2.14. The zero-order valence-corrected chi connectivity index (χ0v) is 11.5. The van der Waals surface area contributed by atoms with Crippen molar-refractivity contribution < 1.29 is 9.53 Å². The second kappa shape index (κ2) is 7.24. The number of ether oxygens (including phenoxy) is 1. The van der Waals surface area contributed by atoms with Crippen molar-refractivity contribution >= 4 is 17.5 Å². The summed E-state index contributed by atoms with van der Waals surface area (Å²) < 4.78 is 5.20.